The van der Waals surface area contributed by atoms with E-state index >= 15 is 0 Å². The van der Waals surface area contributed by atoms with E-state index in [1.165, 1.54) is 37.7 Å². The van der Waals surface area contributed by atoms with Crippen LogP contribution in [0.2, 0.25) is 0 Å². The van der Waals surface area contributed by atoms with Gasteiger partial charge < -0.3 is 0 Å². The zero-order chi connectivity index (χ0) is 58.4. The number of Topliss-reactive ketones (excluding diaryl/α,β-unsaturated/α-hetero) is 1. The van der Waals surface area contributed by atoms with E-state index in [9.17, 15) is 110 Å². The maximum atomic E-state index is 14.2. The standard InChI is InChI=1S/C32H12BF24.C19H22NO/c34-25(35,36)13-1-14(26(37,38)39)6-21(5-13)33(22-7-15(27(40,41)42)2-16(8-22)28(43,44)45,23-9-17(29(46,47)48)3-18(10-23)30(49,50)51)24-11-19(31(52,53)54)4-20(12-24)32(55,56)57;21-19(18-9-5-2-6-10-18)15-20-13-11-17(12-14-20)16-7-3-1-4-8-16/h1-12H;2,5-6,9-14,16H,1,3-4,7-8,15H2/q-1;+1. The second-order valence-corrected chi connectivity index (χ2v) is 18.2. The molecular weight excluding hydrogens is 1110 g/mol. The van der Waals surface area contributed by atoms with E-state index in [1.807, 2.05) is 47.3 Å². The number of benzene rings is 5. The zero-order valence-electron chi connectivity index (χ0n) is 38.9. The smallest absolute Gasteiger partial charge is 0.287 e. The van der Waals surface area contributed by atoms with E-state index in [0.717, 1.165) is 11.5 Å². The lowest BCUT2D eigenvalue weighted by Gasteiger charge is -2.46. The van der Waals surface area contributed by atoms with Crippen LogP contribution in [0.3, 0.4) is 0 Å². The van der Waals surface area contributed by atoms with Crippen molar-refractivity contribution >= 4 is 33.8 Å². The van der Waals surface area contributed by atoms with E-state index < -0.39 is 195 Å². The summed E-state index contributed by atoms with van der Waals surface area (Å²) in [5, 5.41) is 0. The summed E-state index contributed by atoms with van der Waals surface area (Å²) < 4.78 is 343. The molecule has 5 aromatic carbocycles. The van der Waals surface area contributed by atoms with Gasteiger partial charge in [0.25, 0.3) is 0 Å². The number of aromatic nitrogens is 1. The lowest BCUT2D eigenvalue weighted by molar-refractivity contribution is -0.683. The number of hydrogen-bond donors (Lipinski definition) is 0. The molecule has 0 saturated heterocycles. The summed E-state index contributed by atoms with van der Waals surface area (Å²) >= 11 is 0. The molecule has 0 amide bonds. The molecule has 0 spiro atoms. The topological polar surface area (TPSA) is 20.9 Å². The molecule has 1 saturated carbocycles. The molecule has 0 unspecified atom stereocenters. The molecule has 1 aliphatic carbocycles. The fourth-order valence-electron chi connectivity index (χ4n) is 9.23. The van der Waals surface area contributed by atoms with Crippen LogP contribution in [0, 0.1) is 0 Å². The first-order valence-corrected chi connectivity index (χ1v) is 22.5. The van der Waals surface area contributed by atoms with Crippen LogP contribution in [0.25, 0.3) is 0 Å². The predicted molar refractivity (Wildman–Crippen MR) is 233 cm³/mol. The lowest BCUT2D eigenvalue weighted by atomic mass is 9.12. The van der Waals surface area contributed by atoms with Crippen LogP contribution in [0.5, 0.6) is 0 Å². The fourth-order valence-corrected chi connectivity index (χ4v) is 9.23. The van der Waals surface area contributed by atoms with Gasteiger partial charge in [-0.05, 0) is 48.6 Å². The summed E-state index contributed by atoms with van der Waals surface area (Å²) in [5.74, 6) is 0.879. The molecular formula is C51H34BF24NO. The Hall–Kier alpha value is -6.70. The van der Waals surface area contributed by atoms with Gasteiger partial charge in [0.1, 0.15) is 6.15 Å². The number of halogens is 24. The molecule has 0 N–H and O–H groups in total. The number of rotatable bonds is 8. The van der Waals surface area contributed by atoms with Crippen LogP contribution in [0.15, 0.2) is 128 Å². The Balaban J connectivity index is 0.000000387. The van der Waals surface area contributed by atoms with Gasteiger partial charge in [0.2, 0.25) is 12.3 Å². The van der Waals surface area contributed by atoms with Gasteiger partial charge in [0.05, 0.1) is 44.5 Å². The van der Waals surface area contributed by atoms with Crippen LogP contribution in [-0.4, -0.2) is 11.9 Å². The second kappa shape index (κ2) is 21.5. The first-order valence-electron chi connectivity index (χ1n) is 22.5. The van der Waals surface area contributed by atoms with Crippen molar-refractivity contribution in [1.29, 1.82) is 0 Å². The molecule has 1 heterocycles. The van der Waals surface area contributed by atoms with Crippen molar-refractivity contribution in [3.63, 3.8) is 0 Å². The summed E-state index contributed by atoms with van der Waals surface area (Å²) in [5.41, 5.74) is -28.0. The van der Waals surface area contributed by atoms with Crippen LogP contribution >= 0.6 is 0 Å². The Morgan fingerprint density at radius 2 is 0.628 bits per heavy atom. The third-order valence-corrected chi connectivity index (χ3v) is 12.9. The highest BCUT2D eigenvalue weighted by molar-refractivity contribution is 7.20. The van der Waals surface area contributed by atoms with Crippen LogP contribution in [0.1, 0.15) is 98.5 Å². The van der Waals surface area contributed by atoms with Crippen molar-refractivity contribution in [2.24, 2.45) is 0 Å². The average Bonchev–Trinajstić information content (AvgIpc) is 3.36. The summed E-state index contributed by atoms with van der Waals surface area (Å²) in [7, 11) is 0. The molecule has 27 heteroatoms. The second-order valence-electron chi connectivity index (χ2n) is 18.2. The molecule has 7 rings (SSSR count). The molecule has 1 fully saturated rings. The highest BCUT2D eigenvalue weighted by Crippen LogP contribution is 2.42. The van der Waals surface area contributed by atoms with Crippen molar-refractivity contribution < 1.29 is 115 Å². The fraction of sp³-hybridized carbons (Fsp3) is 0.294. The van der Waals surface area contributed by atoms with Gasteiger partial charge in [-0.2, -0.15) is 132 Å². The van der Waals surface area contributed by atoms with Gasteiger partial charge in [-0.1, -0.05) is 98.1 Å². The average molecular weight is 1140 g/mol. The summed E-state index contributed by atoms with van der Waals surface area (Å²) in [6.45, 7) is 0.412. The Morgan fingerprint density at radius 3 is 0.872 bits per heavy atom. The van der Waals surface area contributed by atoms with Gasteiger partial charge in [0, 0.05) is 17.7 Å². The molecule has 1 aromatic heterocycles. The van der Waals surface area contributed by atoms with Crippen LogP contribution in [0.4, 0.5) is 105 Å². The number of hydrogen-bond acceptors (Lipinski definition) is 1. The summed E-state index contributed by atoms with van der Waals surface area (Å²) in [6.07, 6.45) is -44.0. The minimum absolute atomic E-state index is 0.158. The Bertz CT molecular complexity index is 2650. The molecule has 0 radical (unpaired) electrons. The number of carbonyl (C=O) groups excluding carboxylic acids is 1. The number of pyridine rings is 1. The number of ketones is 1. The Labute approximate surface area is 425 Å². The largest absolute Gasteiger partial charge is 0.416 e. The number of alkyl halides is 24. The lowest BCUT2D eigenvalue weighted by Crippen LogP contribution is -2.75. The first-order chi connectivity index (χ1) is 35.6. The molecule has 1 aliphatic rings. The molecule has 0 aliphatic heterocycles. The Kier molecular flexibility index (Phi) is 16.7. The number of nitrogens with zero attached hydrogens (tertiary/aromatic N) is 1. The SMILES string of the molecule is FC(F)(F)c1cc([B-](c2cc(C(F)(F)F)cc(C(F)(F)F)c2)(c2cc(C(F)(F)F)cc(C(F)(F)F)c2)c2cc(C(F)(F)F)cc(C(F)(F)F)c2)cc(C(F)(F)F)c1.O=C(C[n+]1ccc(C2CCCCC2)cc1)c1ccccc1. The zero-order valence-corrected chi connectivity index (χ0v) is 38.9. The number of carbonyl (C=O) groups is 1. The highest BCUT2D eigenvalue weighted by atomic mass is 19.4. The van der Waals surface area contributed by atoms with E-state index in [-0.39, 0.29) is 5.78 Å². The quantitative estimate of drug-likeness (QED) is 0.0644. The minimum Gasteiger partial charge on any atom is -0.287 e. The maximum absolute atomic E-state index is 14.2. The van der Waals surface area contributed by atoms with Gasteiger partial charge in [0.15, 0.2) is 12.4 Å². The molecule has 0 bridgehead atoms. The molecule has 78 heavy (non-hydrogen) atoms. The third-order valence-electron chi connectivity index (χ3n) is 12.9. The first kappa shape index (κ1) is 60.5. The molecule has 0 atom stereocenters. The van der Waals surface area contributed by atoms with E-state index in [4.69, 9.17) is 0 Å². The van der Waals surface area contributed by atoms with Crippen molar-refractivity contribution in [2.45, 2.75) is 94.0 Å². The van der Waals surface area contributed by atoms with Crippen molar-refractivity contribution in [1.82, 2.24) is 0 Å². The molecule has 6 aromatic rings. The highest BCUT2D eigenvalue weighted by Gasteiger charge is 2.47. The summed E-state index contributed by atoms with van der Waals surface area (Å²) in [4.78, 5) is 12.2. The van der Waals surface area contributed by atoms with Crippen LogP contribution < -0.4 is 26.4 Å². The maximum Gasteiger partial charge on any atom is 0.416 e. The van der Waals surface area contributed by atoms with Gasteiger partial charge in [-0.25, -0.2) is 0 Å². The third kappa shape index (κ3) is 14.1. The predicted octanol–water partition coefficient (Wildman–Crippen LogP) is 15.1. The minimum atomic E-state index is -6.13. The van der Waals surface area contributed by atoms with E-state index in [1.54, 1.807) is 0 Å². The Morgan fingerprint density at radius 1 is 0.372 bits per heavy atom. The van der Waals surface area contributed by atoms with E-state index in [0.29, 0.717) is 6.54 Å². The van der Waals surface area contributed by atoms with Crippen molar-refractivity contribution in [3.05, 3.63) is 183 Å². The van der Waals surface area contributed by atoms with E-state index in [2.05, 4.69) is 12.1 Å². The van der Waals surface area contributed by atoms with Crippen molar-refractivity contribution in [2.75, 3.05) is 0 Å². The van der Waals surface area contributed by atoms with Crippen LogP contribution in [-0.2, 0) is 56.0 Å². The van der Waals surface area contributed by atoms with Crippen molar-refractivity contribution in [3.8, 4) is 0 Å². The van der Waals surface area contributed by atoms with Gasteiger partial charge in [-0.15, -0.1) is 0 Å². The normalized spacial score (nSPS) is 14.7. The molecule has 420 valence electrons. The van der Waals surface area contributed by atoms with Gasteiger partial charge >= 0.3 is 49.4 Å². The van der Waals surface area contributed by atoms with Gasteiger partial charge in [-0.3, -0.25) is 4.79 Å². The monoisotopic (exact) mass is 1140 g/mol. The summed E-state index contributed by atoms with van der Waals surface area (Å²) in [6, 6.07) is 5.06. The molecule has 2 nitrogen and oxygen atoms in total.